The Morgan fingerprint density at radius 2 is 2.33 bits per heavy atom. The molecular formula is C8H14N4. The van der Waals surface area contributed by atoms with Gasteiger partial charge in [-0.15, -0.1) is 0 Å². The second-order valence-corrected chi connectivity index (χ2v) is 3.33. The molecule has 0 saturated heterocycles. The molecule has 0 aromatic rings. The Balaban J connectivity index is 2.23. The third kappa shape index (κ3) is 0.838. The molecule has 2 heterocycles. The third-order valence-electron chi connectivity index (χ3n) is 2.57. The molecule has 0 aromatic carbocycles. The molecular weight excluding hydrogens is 152 g/mol. The molecule has 2 aliphatic rings. The highest BCUT2D eigenvalue weighted by Crippen LogP contribution is 2.24. The first-order valence-corrected chi connectivity index (χ1v) is 4.40. The molecule has 2 aliphatic heterocycles. The van der Waals surface area contributed by atoms with Crippen LogP contribution in [-0.2, 0) is 0 Å². The van der Waals surface area contributed by atoms with Crippen LogP contribution in [0.2, 0.25) is 0 Å². The minimum absolute atomic E-state index is 0.278. The molecule has 0 aromatic heterocycles. The van der Waals surface area contributed by atoms with Crippen molar-refractivity contribution in [1.29, 1.82) is 0 Å². The summed E-state index contributed by atoms with van der Waals surface area (Å²) in [5, 5.41) is 10.6. The number of hydrazone groups is 2. The van der Waals surface area contributed by atoms with Gasteiger partial charge >= 0.3 is 0 Å². The first-order chi connectivity index (χ1) is 5.74. The highest BCUT2D eigenvalue weighted by Gasteiger charge is 2.37. The third-order valence-corrected chi connectivity index (χ3v) is 2.57. The summed E-state index contributed by atoms with van der Waals surface area (Å²) in [6, 6.07) is 0. The summed E-state index contributed by atoms with van der Waals surface area (Å²) in [7, 11) is 0. The molecule has 2 unspecified atom stereocenters. The second-order valence-electron chi connectivity index (χ2n) is 3.33. The van der Waals surface area contributed by atoms with Crippen molar-refractivity contribution in [2.75, 3.05) is 0 Å². The molecule has 66 valence electrons. The zero-order valence-electron chi connectivity index (χ0n) is 7.70. The minimum atomic E-state index is 0.278. The average molecular weight is 166 g/mol. The Labute approximate surface area is 72.3 Å². The van der Waals surface area contributed by atoms with Gasteiger partial charge in [-0.2, -0.15) is 10.2 Å². The fraction of sp³-hybridized carbons (Fsp3) is 0.750. The first kappa shape index (κ1) is 7.58. The number of hydrogen-bond acceptors (Lipinski definition) is 4. The van der Waals surface area contributed by atoms with E-state index in [9.17, 15) is 0 Å². The van der Waals surface area contributed by atoms with E-state index >= 15 is 0 Å². The van der Waals surface area contributed by atoms with E-state index in [1.165, 1.54) is 5.71 Å². The summed E-state index contributed by atoms with van der Waals surface area (Å²) in [6.45, 7) is 6.33. The summed E-state index contributed by atoms with van der Waals surface area (Å²) in [4.78, 5) is 0. The van der Waals surface area contributed by atoms with Crippen molar-refractivity contribution in [3.63, 3.8) is 0 Å². The van der Waals surface area contributed by atoms with E-state index < -0.39 is 0 Å². The summed E-state index contributed by atoms with van der Waals surface area (Å²) in [5.41, 5.74) is 4.29. The van der Waals surface area contributed by atoms with Gasteiger partial charge in [-0.25, -0.2) is 5.01 Å². The molecule has 0 spiro atoms. The zero-order chi connectivity index (χ0) is 8.72. The van der Waals surface area contributed by atoms with Crippen LogP contribution in [0, 0.1) is 5.92 Å². The molecule has 0 saturated carbocycles. The van der Waals surface area contributed by atoms with Crippen LogP contribution >= 0.6 is 0 Å². The Kier molecular flexibility index (Phi) is 1.56. The van der Waals surface area contributed by atoms with E-state index in [2.05, 4.69) is 36.4 Å². The SMILES string of the molecule is CCC1=NNC2C(C)C(C)=NN12. The molecule has 0 radical (unpaired) electrons. The zero-order valence-corrected chi connectivity index (χ0v) is 7.70. The highest BCUT2D eigenvalue weighted by atomic mass is 15.7. The van der Waals surface area contributed by atoms with Gasteiger partial charge in [0.2, 0.25) is 0 Å². The monoisotopic (exact) mass is 166 g/mol. The fourth-order valence-electron chi connectivity index (χ4n) is 1.58. The topological polar surface area (TPSA) is 40.0 Å². The molecule has 0 bridgehead atoms. The molecule has 0 aliphatic carbocycles. The van der Waals surface area contributed by atoms with Crippen molar-refractivity contribution >= 4 is 11.5 Å². The lowest BCUT2D eigenvalue weighted by molar-refractivity contribution is 0.302. The number of nitrogens with zero attached hydrogens (tertiary/aromatic N) is 3. The van der Waals surface area contributed by atoms with Crippen molar-refractivity contribution < 1.29 is 0 Å². The number of rotatable bonds is 1. The summed E-state index contributed by atoms with van der Waals surface area (Å²) >= 11 is 0. The molecule has 2 rings (SSSR count). The van der Waals surface area contributed by atoms with Gasteiger partial charge in [0, 0.05) is 18.1 Å². The van der Waals surface area contributed by atoms with Crippen molar-refractivity contribution in [2.45, 2.75) is 33.4 Å². The number of nitrogens with one attached hydrogen (secondary N) is 1. The summed E-state index contributed by atoms with van der Waals surface area (Å²) in [6.07, 6.45) is 1.22. The maximum absolute atomic E-state index is 4.44. The summed E-state index contributed by atoms with van der Waals surface area (Å²) in [5.74, 6) is 1.52. The second kappa shape index (κ2) is 2.47. The van der Waals surface area contributed by atoms with Crippen molar-refractivity contribution in [1.82, 2.24) is 10.4 Å². The molecule has 2 atom stereocenters. The van der Waals surface area contributed by atoms with Crippen LogP contribution in [0.4, 0.5) is 0 Å². The molecule has 0 amide bonds. The highest BCUT2D eigenvalue weighted by molar-refractivity contribution is 5.92. The lowest BCUT2D eigenvalue weighted by atomic mass is 10.1. The van der Waals surface area contributed by atoms with Gasteiger partial charge in [-0.3, -0.25) is 5.43 Å². The number of amidine groups is 1. The van der Waals surface area contributed by atoms with Crippen LogP contribution in [0.3, 0.4) is 0 Å². The normalized spacial score (nSPS) is 32.8. The van der Waals surface area contributed by atoms with E-state index in [1.54, 1.807) is 0 Å². The van der Waals surface area contributed by atoms with E-state index in [0.717, 1.165) is 12.3 Å². The molecule has 1 N–H and O–H groups in total. The van der Waals surface area contributed by atoms with Crippen LogP contribution in [-0.4, -0.2) is 22.7 Å². The van der Waals surface area contributed by atoms with Crippen molar-refractivity contribution in [3.05, 3.63) is 0 Å². The largest absolute Gasteiger partial charge is 0.283 e. The molecule has 4 heteroatoms. The lowest BCUT2D eigenvalue weighted by Gasteiger charge is -2.17. The van der Waals surface area contributed by atoms with Crippen molar-refractivity contribution in [2.24, 2.45) is 16.1 Å². The predicted molar refractivity (Wildman–Crippen MR) is 48.8 cm³/mol. The van der Waals surface area contributed by atoms with E-state index in [-0.39, 0.29) is 6.17 Å². The van der Waals surface area contributed by atoms with Crippen LogP contribution in [0.15, 0.2) is 10.2 Å². The van der Waals surface area contributed by atoms with E-state index in [0.29, 0.717) is 5.92 Å². The average Bonchev–Trinajstić information content (AvgIpc) is 2.55. The molecule has 0 fully saturated rings. The van der Waals surface area contributed by atoms with Gasteiger partial charge < -0.3 is 0 Å². The fourth-order valence-corrected chi connectivity index (χ4v) is 1.58. The Morgan fingerprint density at radius 3 is 3.00 bits per heavy atom. The maximum Gasteiger partial charge on any atom is 0.147 e. The lowest BCUT2D eigenvalue weighted by Crippen LogP contribution is -2.37. The maximum atomic E-state index is 4.44. The number of fused-ring (bicyclic) bond motifs is 1. The van der Waals surface area contributed by atoms with Crippen LogP contribution in [0.25, 0.3) is 0 Å². The summed E-state index contributed by atoms with van der Waals surface area (Å²) < 4.78 is 0. The van der Waals surface area contributed by atoms with E-state index in [1.807, 2.05) is 5.01 Å². The molecule has 12 heavy (non-hydrogen) atoms. The van der Waals surface area contributed by atoms with Crippen LogP contribution < -0.4 is 5.43 Å². The number of hydrogen-bond donors (Lipinski definition) is 1. The van der Waals surface area contributed by atoms with Gasteiger partial charge in [0.05, 0.1) is 0 Å². The van der Waals surface area contributed by atoms with Crippen LogP contribution in [0.1, 0.15) is 27.2 Å². The van der Waals surface area contributed by atoms with Gasteiger partial charge in [0.1, 0.15) is 12.0 Å². The Morgan fingerprint density at radius 1 is 1.58 bits per heavy atom. The Hall–Kier alpha value is -1.06. The standard InChI is InChI=1S/C8H14N4/c1-4-7-9-10-8-5(2)6(3)11-12(7)8/h5,8,10H,4H2,1-3H3. The van der Waals surface area contributed by atoms with Gasteiger partial charge in [-0.05, 0) is 6.92 Å². The van der Waals surface area contributed by atoms with Gasteiger partial charge in [0.25, 0.3) is 0 Å². The quantitative estimate of drug-likeness (QED) is 0.630. The van der Waals surface area contributed by atoms with Gasteiger partial charge in [-0.1, -0.05) is 13.8 Å². The van der Waals surface area contributed by atoms with Crippen LogP contribution in [0.5, 0.6) is 0 Å². The van der Waals surface area contributed by atoms with Crippen molar-refractivity contribution in [3.8, 4) is 0 Å². The van der Waals surface area contributed by atoms with E-state index in [4.69, 9.17) is 0 Å². The minimum Gasteiger partial charge on any atom is -0.283 e. The first-order valence-electron chi connectivity index (χ1n) is 4.40. The Bertz CT molecular complexity index is 256. The van der Waals surface area contributed by atoms with Gasteiger partial charge in [0.15, 0.2) is 0 Å². The predicted octanol–water partition coefficient (Wildman–Crippen LogP) is 0.967. The molecule has 4 nitrogen and oxygen atoms in total. The smallest absolute Gasteiger partial charge is 0.147 e.